The van der Waals surface area contributed by atoms with Gasteiger partial charge in [0.2, 0.25) is 5.91 Å². The van der Waals surface area contributed by atoms with E-state index in [2.05, 4.69) is 11.8 Å². The van der Waals surface area contributed by atoms with Crippen molar-refractivity contribution < 1.29 is 19.4 Å². The van der Waals surface area contributed by atoms with E-state index in [1.807, 2.05) is 4.90 Å². The maximum absolute atomic E-state index is 12.5. The average molecular weight is 284 g/mol. The van der Waals surface area contributed by atoms with Gasteiger partial charge in [0.25, 0.3) is 0 Å². The highest BCUT2D eigenvalue weighted by Crippen LogP contribution is 2.25. The summed E-state index contributed by atoms with van der Waals surface area (Å²) < 4.78 is 5.59. The van der Waals surface area contributed by atoms with Crippen LogP contribution in [0.15, 0.2) is 0 Å². The molecule has 1 amide bonds. The molecule has 2 atom stereocenters. The molecule has 0 aliphatic carbocycles. The molecular weight excluding hydrogens is 260 g/mol. The lowest BCUT2D eigenvalue weighted by Gasteiger charge is -2.36. The van der Waals surface area contributed by atoms with Crippen LogP contribution in [0.3, 0.4) is 0 Å². The first-order valence-corrected chi connectivity index (χ1v) is 7.46. The highest BCUT2D eigenvalue weighted by atomic mass is 16.5. The van der Waals surface area contributed by atoms with Gasteiger partial charge in [0.05, 0.1) is 18.4 Å². The molecule has 114 valence electrons. The van der Waals surface area contributed by atoms with E-state index in [1.165, 1.54) is 0 Å². The van der Waals surface area contributed by atoms with Gasteiger partial charge in [-0.25, -0.2) is 0 Å². The Morgan fingerprint density at radius 2 is 1.95 bits per heavy atom. The Hall–Kier alpha value is -1.14. The lowest BCUT2D eigenvalue weighted by molar-refractivity contribution is -0.140. The number of carbonyl (C=O) groups excluding carboxylic acids is 1. The third kappa shape index (κ3) is 3.70. The number of rotatable bonds is 5. The molecule has 0 saturated carbocycles. The Kier molecular flexibility index (Phi) is 5.37. The van der Waals surface area contributed by atoms with Crippen molar-refractivity contribution in [3.05, 3.63) is 0 Å². The summed E-state index contributed by atoms with van der Waals surface area (Å²) in [5, 5.41) is 8.68. The van der Waals surface area contributed by atoms with Gasteiger partial charge in [-0.3, -0.25) is 14.5 Å². The normalized spacial score (nSPS) is 27.8. The second-order valence-corrected chi connectivity index (χ2v) is 5.52. The van der Waals surface area contributed by atoms with Crippen molar-refractivity contribution in [2.75, 3.05) is 39.3 Å². The summed E-state index contributed by atoms with van der Waals surface area (Å²) in [4.78, 5) is 27.1. The van der Waals surface area contributed by atoms with Crippen LogP contribution in [-0.2, 0) is 14.3 Å². The Balaban J connectivity index is 1.78. The van der Waals surface area contributed by atoms with E-state index in [0.717, 1.165) is 25.9 Å². The smallest absolute Gasteiger partial charge is 0.304 e. The van der Waals surface area contributed by atoms with E-state index in [1.54, 1.807) is 0 Å². The summed E-state index contributed by atoms with van der Waals surface area (Å²) >= 11 is 0. The van der Waals surface area contributed by atoms with Gasteiger partial charge in [-0.05, 0) is 12.8 Å². The van der Waals surface area contributed by atoms with Crippen LogP contribution in [0.25, 0.3) is 0 Å². The zero-order valence-corrected chi connectivity index (χ0v) is 12.1. The molecule has 2 aliphatic rings. The minimum atomic E-state index is -0.766. The Morgan fingerprint density at radius 1 is 1.25 bits per heavy atom. The van der Waals surface area contributed by atoms with Crippen molar-refractivity contribution in [3.63, 3.8) is 0 Å². The number of hydrogen-bond acceptors (Lipinski definition) is 4. The lowest BCUT2D eigenvalue weighted by Crippen LogP contribution is -2.51. The molecule has 0 aromatic carbocycles. The van der Waals surface area contributed by atoms with Crippen molar-refractivity contribution in [2.45, 2.75) is 32.3 Å². The molecule has 2 unspecified atom stereocenters. The van der Waals surface area contributed by atoms with Crippen molar-refractivity contribution >= 4 is 11.9 Å². The predicted molar refractivity (Wildman–Crippen MR) is 73.4 cm³/mol. The highest BCUT2D eigenvalue weighted by Gasteiger charge is 2.36. The van der Waals surface area contributed by atoms with Crippen LogP contribution in [0.5, 0.6) is 0 Å². The second kappa shape index (κ2) is 7.04. The number of carboxylic acids is 1. The average Bonchev–Trinajstić information content (AvgIpc) is 2.93. The molecule has 2 heterocycles. The monoisotopic (exact) mass is 284 g/mol. The van der Waals surface area contributed by atoms with Crippen LogP contribution in [0, 0.1) is 5.92 Å². The fourth-order valence-corrected chi connectivity index (χ4v) is 3.01. The van der Waals surface area contributed by atoms with Gasteiger partial charge in [-0.1, -0.05) is 6.92 Å². The van der Waals surface area contributed by atoms with Crippen LogP contribution < -0.4 is 0 Å². The maximum atomic E-state index is 12.5. The molecule has 0 aromatic heterocycles. The number of carbonyl (C=O) groups is 2. The van der Waals surface area contributed by atoms with Crippen LogP contribution in [0.2, 0.25) is 0 Å². The topological polar surface area (TPSA) is 70.1 Å². The number of aliphatic carboxylic acids is 1. The van der Waals surface area contributed by atoms with Crippen molar-refractivity contribution in [1.82, 2.24) is 9.80 Å². The molecule has 0 bridgehead atoms. The lowest BCUT2D eigenvalue weighted by atomic mass is 9.97. The molecule has 20 heavy (non-hydrogen) atoms. The summed E-state index contributed by atoms with van der Waals surface area (Å²) in [5.41, 5.74) is 0. The standard InChI is InChI=1S/C14H24N2O4/c1-2-12-11(4-10-20-12)14(19)16-8-6-15(7-9-16)5-3-13(17)18/h11-12H,2-10H2,1H3,(H,17,18). The highest BCUT2D eigenvalue weighted by molar-refractivity contribution is 5.79. The molecular formula is C14H24N2O4. The summed E-state index contributed by atoms with van der Waals surface area (Å²) in [6.07, 6.45) is 1.96. The number of hydrogen-bond donors (Lipinski definition) is 1. The van der Waals surface area contributed by atoms with Gasteiger partial charge in [-0.15, -0.1) is 0 Å². The molecule has 2 fully saturated rings. The van der Waals surface area contributed by atoms with E-state index >= 15 is 0 Å². The SMILES string of the molecule is CCC1OCCC1C(=O)N1CCN(CCC(=O)O)CC1. The first-order chi connectivity index (χ1) is 9.61. The number of carboxylic acid groups (broad SMARTS) is 1. The summed E-state index contributed by atoms with van der Waals surface area (Å²) in [6.45, 7) is 6.25. The Labute approximate surface area is 119 Å². The van der Waals surface area contributed by atoms with Gasteiger partial charge in [0.1, 0.15) is 0 Å². The number of piperazine rings is 1. The van der Waals surface area contributed by atoms with E-state index in [0.29, 0.717) is 26.2 Å². The molecule has 6 nitrogen and oxygen atoms in total. The number of nitrogens with zero attached hydrogens (tertiary/aromatic N) is 2. The van der Waals surface area contributed by atoms with Crippen LogP contribution in [-0.4, -0.2) is 72.2 Å². The van der Waals surface area contributed by atoms with Crippen LogP contribution >= 0.6 is 0 Å². The van der Waals surface area contributed by atoms with E-state index in [9.17, 15) is 9.59 Å². The predicted octanol–water partition coefficient (Wildman–Crippen LogP) is 0.420. The van der Waals surface area contributed by atoms with Gasteiger partial charge in [-0.2, -0.15) is 0 Å². The van der Waals surface area contributed by atoms with E-state index in [-0.39, 0.29) is 24.3 Å². The molecule has 0 aromatic rings. The number of ether oxygens (including phenoxy) is 1. The molecule has 2 aliphatic heterocycles. The van der Waals surface area contributed by atoms with Gasteiger partial charge in [0.15, 0.2) is 0 Å². The number of amides is 1. The largest absolute Gasteiger partial charge is 0.481 e. The maximum Gasteiger partial charge on any atom is 0.304 e. The molecule has 1 N–H and O–H groups in total. The quantitative estimate of drug-likeness (QED) is 0.792. The zero-order valence-electron chi connectivity index (χ0n) is 12.1. The van der Waals surface area contributed by atoms with Crippen LogP contribution in [0.4, 0.5) is 0 Å². The third-order valence-corrected chi connectivity index (χ3v) is 4.25. The van der Waals surface area contributed by atoms with Crippen molar-refractivity contribution in [2.24, 2.45) is 5.92 Å². The first kappa shape index (κ1) is 15.3. The zero-order chi connectivity index (χ0) is 14.5. The Morgan fingerprint density at radius 3 is 2.55 bits per heavy atom. The van der Waals surface area contributed by atoms with Gasteiger partial charge < -0.3 is 14.7 Å². The summed E-state index contributed by atoms with van der Waals surface area (Å²) in [6, 6.07) is 0. The van der Waals surface area contributed by atoms with Gasteiger partial charge in [0, 0.05) is 39.3 Å². The molecule has 0 spiro atoms. The summed E-state index contributed by atoms with van der Waals surface area (Å²) in [5.74, 6) is -0.532. The van der Waals surface area contributed by atoms with Crippen molar-refractivity contribution in [1.29, 1.82) is 0 Å². The molecule has 6 heteroatoms. The van der Waals surface area contributed by atoms with E-state index < -0.39 is 5.97 Å². The first-order valence-electron chi connectivity index (χ1n) is 7.46. The molecule has 2 rings (SSSR count). The van der Waals surface area contributed by atoms with Gasteiger partial charge >= 0.3 is 5.97 Å². The second-order valence-electron chi connectivity index (χ2n) is 5.52. The minimum Gasteiger partial charge on any atom is -0.481 e. The van der Waals surface area contributed by atoms with Crippen LogP contribution in [0.1, 0.15) is 26.2 Å². The minimum absolute atomic E-state index is 0.0190. The fraction of sp³-hybridized carbons (Fsp3) is 0.857. The summed E-state index contributed by atoms with van der Waals surface area (Å²) in [7, 11) is 0. The molecule has 2 saturated heterocycles. The Bertz CT molecular complexity index is 353. The third-order valence-electron chi connectivity index (χ3n) is 4.25. The fourth-order valence-electron chi connectivity index (χ4n) is 3.01. The molecule has 0 radical (unpaired) electrons. The van der Waals surface area contributed by atoms with Crippen molar-refractivity contribution in [3.8, 4) is 0 Å². The van der Waals surface area contributed by atoms with E-state index in [4.69, 9.17) is 9.84 Å².